The van der Waals surface area contributed by atoms with Crippen LogP contribution in [-0.2, 0) is 27.7 Å². The van der Waals surface area contributed by atoms with Crippen molar-refractivity contribution < 1.29 is 22.4 Å². The molecule has 0 bridgehead atoms. The van der Waals surface area contributed by atoms with Gasteiger partial charge in [0.1, 0.15) is 5.82 Å². The number of amides is 1. The molecule has 0 fully saturated rings. The highest BCUT2D eigenvalue weighted by molar-refractivity contribution is 7.92. The van der Waals surface area contributed by atoms with E-state index in [2.05, 4.69) is 23.6 Å². The van der Waals surface area contributed by atoms with Gasteiger partial charge in [-0.25, -0.2) is 14.1 Å². The highest BCUT2D eigenvalue weighted by Gasteiger charge is 2.49. The van der Waals surface area contributed by atoms with E-state index in [1.165, 1.54) is 18.3 Å². The van der Waals surface area contributed by atoms with Crippen molar-refractivity contribution in [2.75, 3.05) is 0 Å². The van der Waals surface area contributed by atoms with Crippen LogP contribution in [-0.4, -0.2) is 32.4 Å². The number of nitrogens with one attached hydrogen (secondary N) is 1. The first-order chi connectivity index (χ1) is 20.7. The maximum absolute atomic E-state index is 14.3. The second kappa shape index (κ2) is 13.4. The van der Waals surface area contributed by atoms with Gasteiger partial charge in [-0.15, -0.1) is 11.3 Å². The predicted molar refractivity (Wildman–Crippen MR) is 178 cm³/mol. The molecule has 234 valence electrons. The van der Waals surface area contributed by atoms with E-state index in [1.807, 2.05) is 88.4 Å². The van der Waals surface area contributed by atoms with Crippen molar-refractivity contribution in [3.05, 3.63) is 106 Å². The van der Waals surface area contributed by atoms with Gasteiger partial charge in [0.2, 0.25) is 10.2 Å². The van der Waals surface area contributed by atoms with Gasteiger partial charge in [0.25, 0.3) is 18.3 Å². The number of carbonyl (C=O) groups is 1. The zero-order chi connectivity index (χ0) is 32.3. The van der Waals surface area contributed by atoms with E-state index in [0.29, 0.717) is 29.5 Å². The molecule has 44 heavy (non-hydrogen) atoms. The van der Waals surface area contributed by atoms with E-state index in [-0.39, 0.29) is 28.4 Å². The highest BCUT2D eigenvalue weighted by atomic mass is 32.2. The molecule has 0 spiro atoms. The summed E-state index contributed by atoms with van der Waals surface area (Å²) < 4.78 is 42.7. The van der Waals surface area contributed by atoms with Crippen LogP contribution in [0.2, 0.25) is 5.04 Å². The number of benzene rings is 3. The SMILES string of the molecule is CC(C)c1cc(F)cc(C(C)C)c1CC(=O)NS(=O)(=O)c1ncc(CCC(C)(C)[Si](O)(c2ccccc2)c2ccccc2)s1. The average Bonchev–Trinajstić information content (AvgIpc) is 3.47. The average molecular weight is 653 g/mol. The molecule has 0 aliphatic carbocycles. The second-order valence-electron chi connectivity index (χ2n) is 12.5. The molecule has 0 unspecified atom stereocenters. The number of rotatable bonds is 12. The first kappa shape index (κ1) is 33.7. The molecule has 0 radical (unpaired) electrons. The van der Waals surface area contributed by atoms with E-state index < -0.39 is 29.3 Å². The van der Waals surface area contributed by atoms with Gasteiger partial charge >= 0.3 is 0 Å². The van der Waals surface area contributed by atoms with E-state index in [4.69, 9.17) is 0 Å². The Balaban J connectivity index is 1.51. The molecule has 0 saturated carbocycles. The van der Waals surface area contributed by atoms with Gasteiger partial charge in [-0.05, 0) is 68.9 Å². The van der Waals surface area contributed by atoms with E-state index >= 15 is 0 Å². The maximum Gasteiger partial charge on any atom is 0.291 e. The van der Waals surface area contributed by atoms with Gasteiger partial charge in [0.15, 0.2) is 0 Å². The van der Waals surface area contributed by atoms with Crippen LogP contribution in [0.25, 0.3) is 0 Å². The van der Waals surface area contributed by atoms with Gasteiger partial charge < -0.3 is 4.80 Å². The summed E-state index contributed by atoms with van der Waals surface area (Å²) in [4.78, 5) is 30.3. The van der Waals surface area contributed by atoms with Crippen LogP contribution in [0.4, 0.5) is 4.39 Å². The molecule has 1 heterocycles. The Morgan fingerprint density at radius 2 is 1.45 bits per heavy atom. The Labute approximate surface area is 265 Å². The summed E-state index contributed by atoms with van der Waals surface area (Å²) in [5, 5.41) is 1.31. The highest BCUT2D eigenvalue weighted by Crippen LogP contribution is 2.40. The third-order valence-corrected chi connectivity index (χ3v) is 15.6. The van der Waals surface area contributed by atoms with E-state index in [1.54, 1.807) is 0 Å². The van der Waals surface area contributed by atoms with Crippen molar-refractivity contribution in [3.63, 3.8) is 0 Å². The largest absolute Gasteiger partial charge is 0.424 e. The van der Waals surface area contributed by atoms with Crippen LogP contribution in [0.15, 0.2) is 83.3 Å². The van der Waals surface area contributed by atoms with Crippen LogP contribution >= 0.6 is 11.3 Å². The number of carbonyl (C=O) groups excluding carboxylic acids is 1. The number of sulfonamides is 1. The monoisotopic (exact) mass is 652 g/mol. The summed E-state index contributed by atoms with van der Waals surface area (Å²) in [6.45, 7) is 11.8. The van der Waals surface area contributed by atoms with Gasteiger partial charge in [0, 0.05) is 11.1 Å². The number of halogens is 1. The summed E-state index contributed by atoms with van der Waals surface area (Å²) in [6, 6.07) is 22.3. The summed E-state index contributed by atoms with van der Waals surface area (Å²) in [5.41, 5.74) is 2.03. The number of nitrogens with zero attached hydrogens (tertiary/aromatic N) is 1. The first-order valence-electron chi connectivity index (χ1n) is 14.8. The molecule has 0 aliphatic heterocycles. The molecule has 1 aromatic heterocycles. The third kappa shape index (κ3) is 7.20. The smallest absolute Gasteiger partial charge is 0.291 e. The third-order valence-electron chi connectivity index (χ3n) is 8.23. The van der Waals surface area contributed by atoms with Crippen molar-refractivity contribution in [1.82, 2.24) is 9.71 Å². The fourth-order valence-corrected chi connectivity index (χ4v) is 11.7. The molecule has 4 aromatic rings. The lowest BCUT2D eigenvalue weighted by molar-refractivity contribution is -0.118. The maximum atomic E-state index is 14.3. The number of aryl methyl sites for hydroxylation is 1. The standard InChI is InChI=1S/C34H41FN2O4S2Si/c1-23(2)29-19-25(35)20-30(24(3)4)31(29)21-32(38)37-43(39,40)33-36-22-26(42-33)17-18-34(5,6)44(41,27-13-9-7-10-14-27)28-15-11-8-12-16-28/h7-16,19-20,22-24,41H,17-18,21H2,1-6H3,(H,37,38). The zero-order valence-corrected chi connectivity index (χ0v) is 28.7. The van der Waals surface area contributed by atoms with Crippen LogP contribution in [0.3, 0.4) is 0 Å². The van der Waals surface area contributed by atoms with Crippen molar-refractivity contribution >= 4 is 46.0 Å². The number of aromatic nitrogens is 1. The molecule has 3 aromatic carbocycles. The summed E-state index contributed by atoms with van der Waals surface area (Å²) in [7, 11) is -7.42. The predicted octanol–water partition coefficient (Wildman–Crippen LogP) is 6.04. The topological polar surface area (TPSA) is 96.4 Å². The quantitative estimate of drug-likeness (QED) is 0.182. The molecular formula is C34H41FN2O4S2Si. The lowest BCUT2D eigenvalue weighted by atomic mass is 9.87. The molecule has 0 aliphatic rings. The fourth-order valence-electron chi connectivity index (χ4n) is 5.76. The fraction of sp³-hybridized carbons (Fsp3) is 0.353. The van der Waals surface area contributed by atoms with Gasteiger partial charge in [-0.2, -0.15) is 8.42 Å². The minimum absolute atomic E-state index is 0.0436. The Morgan fingerprint density at radius 3 is 1.93 bits per heavy atom. The molecule has 6 nitrogen and oxygen atoms in total. The van der Waals surface area contributed by atoms with Gasteiger partial charge in [0.05, 0.1) is 6.42 Å². The number of thiazole rings is 1. The minimum atomic E-state index is -4.21. The normalized spacial score (nSPS) is 12.6. The Morgan fingerprint density at radius 1 is 0.955 bits per heavy atom. The Bertz CT molecular complexity index is 1640. The van der Waals surface area contributed by atoms with E-state index in [9.17, 15) is 22.4 Å². The zero-order valence-electron chi connectivity index (χ0n) is 26.1. The van der Waals surface area contributed by atoms with Gasteiger partial charge in [-0.1, -0.05) is 102 Å². The lowest BCUT2D eigenvalue weighted by Crippen LogP contribution is -2.65. The van der Waals surface area contributed by atoms with E-state index in [0.717, 1.165) is 26.6 Å². The van der Waals surface area contributed by atoms with Crippen molar-refractivity contribution in [3.8, 4) is 0 Å². The molecule has 1 amide bonds. The van der Waals surface area contributed by atoms with Gasteiger partial charge in [-0.3, -0.25) is 4.79 Å². The minimum Gasteiger partial charge on any atom is -0.424 e. The summed E-state index contributed by atoms with van der Waals surface area (Å²) >= 11 is 1.02. The Hall–Kier alpha value is -3.18. The van der Waals surface area contributed by atoms with Crippen LogP contribution in [0.1, 0.15) is 81.4 Å². The first-order valence-corrected chi connectivity index (χ1v) is 19.1. The van der Waals surface area contributed by atoms with Crippen LogP contribution in [0, 0.1) is 5.82 Å². The molecule has 0 atom stereocenters. The molecule has 10 heteroatoms. The van der Waals surface area contributed by atoms with Crippen LogP contribution < -0.4 is 15.1 Å². The second-order valence-corrected chi connectivity index (χ2v) is 19.4. The lowest BCUT2D eigenvalue weighted by Gasteiger charge is -2.41. The molecule has 0 saturated heterocycles. The Kier molecular flexibility index (Phi) is 10.3. The van der Waals surface area contributed by atoms with Crippen molar-refractivity contribution in [1.29, 1.82) is 0 Å². The summed E-state index contributed by atoms with van der Waals surface area (Å²) in [5.74, 6) is -1.16. The van der Waals surface area contributed by atoms with Crippen LogP contribution in [0.5, 0.6) is 0 Å². The van der Waals surface area contributed by atoms with Crippen molar-refractivity contribution in [2.45, 2.75) is 82.0 Å². The molecular weight excluding hydrogens is 612 g/mol. The molecule has 4 rings (SSSR count). The number of hydrogen-bond acceptors (Lipinski definition) is 6. The summed E-state index contributed by atoms with van der Waals surface area (Å²) in [6.07, 6.45) is 2.44. The number of hydrogen-bond donors (Lipinski definition) is 2. The molecule has 2 N–H and O–H groups in total. The van der Waals surface area contributed by atoms with Crippen molar-refractivity contribution in [2.24, 2.45) is 0 Å².